The van der Waals surface area contributed by atoms with E-state index in [4.69, 9.17) is 9.47 Å². The highest BCUT2D eigenvalue weighted by atomic mass is 16.6. The fourth-order valence-electron chi connectivity index (χ4n) is 3.36. The minimum atomic E-state index is -0.774. The predicted octanol–water partition coefficient (Wildman–Crippen LogP) is 4.92. The van der Waals surface area contributed by atoms with Crippen LogP contribution in [0, 0.1) is 20.2 Å². The van der Waals surface area contributed by atoms with Crippen molar-refractivity contribution in [1.29, 1.82) is 0 Å². The summed E-state index contributed by atoms with van der Waals surface area (Å²) in [5, 5.41) is 29.4. The summed E-state index contributed by atoms with van der Waals surface area (Å²) in [5.41, 5.74) is 2.79. The Hall–Kier alpha value is -5.33. The summed E-state index contributed by atoms with van der Waals surface area (Å²) in [6, 6.07) is 16.0. The van der Waals surface area contributed by atoms with Crippen molar-refractivity contribution >= 4 is 40.3 Å². The number of hydrogen-bond donors (Lipinski definition) is 2. The van der Waals surface area contributed by atoms with E-state index >= 15 is 0 Å². The highest BCUT2D eigenvalue weighted by Gasteiger charge is 2.20. The molecule has 0 atom stereocenters. The second kappa shape index (κ2) is 13.3. The molecule has 1 amide bonds. The van der Waals surface area contributed by atoms with Crippen molar-refractivity contribution < 1.29 is 28.9 Å². The summed E-state index contributed by atoms with van der Waals surface area (Å²) >= 11 is 0. The Morgan fingerprint density at radius 1 is 0.949 bits per heavy atom. The second-order valence-electron chi connectivity index (χ2n) is 8.07. The van der Waals surface area contributed by atoms with Gasteiger partial charge in [-0.2, -0.15) is 5.10 Å². The van der Waals surface area contributed by atoms with Crippen LogP contribution >= 0.6 is 0 Å². The van der Waals surface area contributed by atoms with Gasteiger partial charge in [-0.3, -0.25) is 30.4 Å². The zero-order valence-electron chi connectivity index (χ0n) is 21.1. The van der Waals surface area contributed by atoms with Crippen LogP contribution in [0.4, 0.5) is 22.7 Å². The van der Waals surface area contributed by atoms with Gasteiger partial charge in [0.05, 0.1) is 28.6 Å². The third-order valence-corrected chi connectivity index (χ3v) is 5.32. The number of nitro benzene ring substituents is 2. The van der Waals surface area contributed by atoms with Crippen LogP contribution in [0.15, 0.2) is 71.8 Å². The molecule has 13 nitrogen and oxygen atoms in total. The van der Waals surface area contributed by atoms with Crippen LogP contribution in [0.25, 0.3) is 0 Å². The molecule has 0 bridgehead atoms. The number of carbonyl (C=O) groups excluding carboxylic acids is 2. The molecule has 202 valence electrons. The number of nitro groups is 2. The van der Waals surface area contributed by atoms with Gasteiger partial charge in [0, 0.05) is 23.7 Å². The lowest BCUT2D eigenvalue weighted by Crippen LogP contribution is -2.17. The molecule has 0 radical (unpaired) electrons. The molecule has 0 aromatic heterocycles. The number of hydrazone groups is 1. The van der Waals surface area contributed by atoms with Crippen molar-refractivity contribution in [1.82, 2.24) is 0 Å². The standard InChI is InChI=1S/C26H25N5O8/c1-3-5-25(32)27-19-7-4-6-18(14-19)26(33)39-16-23(17-8-11-21(38-2)12-9-17)29-28-22-13-10-20(30(34)35)15-24(22)31(36)37/h4,6-15,28H,3,5,16H2,1-2H3,(H,27,32). The fraction of sp³-hybridized carbons (Fsp3) is 0.192. The highest BCUT2D eigenvalue weighted by molar-refractivity contribution is 6.04. The number of methoxy groups -OCH3 is 1. The van der Waals surface area contributed by atoms with E-state index in [-0.39, 0.29) is 29.5 Å². The van der Waals surface area contributed by atoms with Crippen LogP contribution in [-0.4, -0.2) is 41.2 Å². The molecule has 39 heavy (non-hydrogen) atoms. The van der Waals surface area contributed by atoms with E-state index in [0.29, 0.717) is 29.8 Å². The van der Waals surface area contributed by atoms with Gasteiger partial charge in [-0.1, -0.05) is 13.0 Å². The monoisotopic (exact) mass is 535 g/mol. The van der Waals surface area contributed by atoms with Crippen LogP contribution in [0.1, 0.15) is 35.7 Å². The molecule has 3 rings (SSSR count). The Morgan fingerprint density at radius 3 is 2.33 bits per heavy atom. The SMILES string of the molecule is CCCC(=O)Nc1cccc(C(=O)OCC(=NNc2ccc([N+](=O)[O-])cc2[N+](=O)[O-])c2ccc(OC)cc2)c1. The number of carbonyl (C=O) groups is 2. The van der Waals surface area contributed by atoms with Gasteiger partial charge in [-0.25, -0.2) is 4.79 Å². The molecule has 0 aliphatic rings. The topological polar surface area (TPSA) is 175 Å². The van der Waals surface area contributed by atoms with Crippen molar-refractivity contribution in [3.8, 4) is 5.75 Å². The van der Waals surface area contributed by atoms with E-state index in [1.807, 2.05) is 6.92 Å². The maximum atomic E-state index is 12.8. The highest BCUT2D eigenvalue weighted by Crippen LogP contribution is 2.29. The molecular weight excluding hydrogens is 510 g/mol. The summed E-state index contributed by atoms with van der Waals surface area (Å²) in [4.78, 5) is 45.6. The minimum absolute atomic E-state index is 0.0986. The minimum Gasteiger partial charge on any atom is -0.497 e. The Labute approximate surface area is 222 Å². The van der Waals surface area contributed by atoms with Crippen molar-refractivity contribution in [2.75, 3.05) is 24.5 Å². The van der Waals surface area contributed by atoms with Crippen molar-refractivity contribution in [2.45, 2.75) is 19.8 Å². The maximum absolute atomic E-state index is 12.8. The van der Waals surface area contributed by atoms with Crippen LogP contribution in [0.5, 0.6) is 5.75 Å². The van der Waals surface area contributed by atoms with Gasteiger partial charge >= 0.3 is 11.7 Å². The first-order valence-electron chi connectivity index (χ1n) is 11.7. The van der Waals surface area contributed by atoms with E-state index in [0.717, 1.165) is 18.2 Å². The van der Waals surface area contributed by atoms with Crippen LogP contribution in [0.2, 0.25) is 0 Å². The van der Waals surface area contributed by atoms with Gasteiger partial charge in [0.2, 0.25) is 5.91 Å². The molecule has 2 N–H and O–H groups in total. The number of anilines is 2. The lowest BCUT2D eigenvalue weighted by Gasteiger charge is -2.11. The van der Waals surface area contributed by atoms with E-state index in [2.05, 4.69) is 15.8 Å². The third kappa shape index (κ3) is 7.82. The predicted molar refractivity (Wildman–Crippen MR) is 143 cm³/mol. The summed E-state index contributed by atoms with van der Waals surface area (Å²) in [7, 11) is 1.50. The quantitative estimate of drug-likeness (QED) is 0.141. The van der Waals surface area contributed by atoms with Gasteiger partial charge in [-0.05, 0) is 55.0 Å². The molecule has 3 aromatic carbocycles. The molecule has 0 saturated heterocycles. The van der Waals surface area contributed by atoms with Gasteiger partial charge in [0.1, 0.15) is 23.8 Å². The first kappa shape index (κ1) is 28.2. The van der Waals surface area contributed by atoms with E-state index in [1.165, 1.54) is 19.2 Å². The Morgan fingerprint density at radius 2 is 1.69 bits per heavy atom. The van der Waals surface area contributed by atoms with Gasteiger partial charge in [-0.15, -0.1) is 0 Å². The number of rotatable bonds is 12. The van der Waals surface area contributed by atoms with Crippen molar-refractivity contribution in [3.05, 3.63) is 98.1 Å². The van der Waals surface area contributed by atoms with Gasteiger partial charge in [0.15, 0.2) is 0 Å². The van der Waals surface area contributed by atoms with E-state index in [1.54, 1.807) is 36.4 Å². The number of esters is 1. The first-order valence-corrected chi connectivity index (χ1v) is 11.7. The van der Waals surface area contributed by atoms with Crippen LogP contribution in [0.3, 0.4) is 0 Å². The molecule has 3 aromatic rings. The molecule has 0 unspecified atom stereocenters. The fourth-order valence-corrected chi connectivity index (χ4v) is 3.36. The maximum Gasteiger partial charge on any atom is 0.338 e. The number of nitrogens with zero attached hydrogens (tertiary/aromatic N) is 3. The van der Waals surface area contributed by atoms with Crippen molar-refractivity contribution in [2.24, 2.45) is 5.10 Å². The average Bonchev–Trinajstić information content (AvgIpc) is 2.93. The number of ether oxygens (including phenoxy) is 2. The molecule has 0 heterocycles. The Balaban J connectivity index is 1.84. The lowest BCUT2D eigenvalue weighted by molar-refractivity contribution is -0.393. The molecule has 0 spiro atoms. The van der Waals surface area contributed by atoms with Gasteiger partial charge < -0.3 is 14.8 Å². The van der Waals surface area contributed by atoms with Crippen molar-refractivity contribution in [3.63, 3.8) is 0 Å². The third-order valence-electron chi connectivity index (χ3n) is 5.32. The Kier molecular flexibility index (Phi) is 9.62. The van der Waals surface area contributed by atoms with Crippen LogP contribution in [-0.2, 0) is 9.53 Å². The number of benzene rings is 3. The first-order chi connectivity index (χ1) is 18.7. The molecule has 0 aliphatic carbocycles. The zero-order chi connectivity index (χ0) is 28.4. The molecular formula is C26H25N5O8. The number of hydrogen-bond acceptors (Lipinski definition) is 10. The Bertz CT molecular complexity index is 1410. The number of non-ortho nitro benzene ring substituents is 1. The number of amides is 1. The lowest BCUT2D eigenvalue weighted by atomic mass is 10.1. The number of nitrogens with one attached hydrogen (secondary N) is 2. The summed E-state index contributed by atoms with van der Waals surface area (Å²) in [6.07, 6.45) is 1.02. The second-order valence-corrected chi connectivity index (χ2v) is 8.07. The average molecular weight is 536 g/mol. The van der Waals surface area contributed by atoms with Gasteiger partial charge in [0.25, 0.3) is 5.69 Å². The molecule has 0 saturated carbocycles. The van der Waals surface area contributed by atoms with Crippen LogP contribution < -0.4 is 15.5 Å². The normalized spacial score (nSPS) is 10.9. The van der Waals surface area contributed by atoms with E-state index in [9.17, 15) is 29.8 Å². The molecule has 0 aliphatic heterocycles. The molecule has 13 heteroatoms. The molecule has 0 fully saturated rings. The summed E-state index contributed by atoms with van der Waals surface area (Å²) in [5.74, 6) is -0.302. The largest absolute Gasteiger partial charge is 0.497 e. The zero-order valence-corrected chi connectivity index (χ0v) is 21.1. The summed E-state index contributed by atoms with van der Waals surface area (Å²) in [6.45, 7) is 1.55. The van der Waals surface area contributed by atoms with E-state index < -0.39 is 27.2 Å². The summed E-state index contributed by atoms with van der Waals surface area (Å²) < 4.78 is 10.6. The smallest absolute Gasteiger partial charge is 0.338 e.